The number of aromatic nitrogens is 3. The van der Waals surface area contributed by atoms with Gasteiger partial charge < -0.3 is 10.8 Å². The predicted molar refractivity (Wildman–Crippen MR) is 108 cm³/mol. The molecule has 0 saturated heterocycles. The molecule has 2 heterocycles. The zero-order valence-corrected chi connectivity index (χ0v) is 15.4. The number of anilines is 1. The van der Waals surface area contributed by atoms with Crippen LogP contribution in [0.15, 0.2) is 60.4 Å². The Morgan fingerprint density at radius 1 is 1.07 bits per heavy atom. The van der Waals surface area contributed by atoms with Gasteiger partial charge >= 0.3 is 0 Å². The van der Waals surface area contributed by atoms with Crippen LogP contribution in [0.25, 0.3) is 22.0 Å². The molecule has 132 valence electrons. The molecule has 0 aliphatic heterocycles. The Balaban J connectivity index is 1.70. The fourth-order valence-electron chi connectivity index (χ4n) is 2.74. The van der Waals surface area contributed by atoms with E-state index in [2.05, 4.69) is 26.8 Å². The molecule has 6 heteroatoms. The highest BCUT2D eigenvalue weighted by Gasteiger charge is 2.22. The van der Waals surface area contributed by atoms with Crippen molar-refractivity contribution in [3.05, 3.63) is 70.9 Å². The van der Waals surface area contributed by atoms with Crippen LogP contribution in [0.1, 0.15) is 17.5 Å². The topological polar surface area (TPSA) is 84.9 Å². The minimum Gasteiger partial charge on any atom is -0.383 e. The number of nitrogen functional groups attached to an aromatic ring is 1. The van der Waals surface area contributed by atoms with Crippen LogP contribution < -0.4 is 5.73 Å². The van der Waals surface area contributed by atoms with Crippen molar-refractivity contribution < 1.29 is 5.11 Å². The van der Waals surface area contributed by atoms with Gasteiger partial charge in [0.25, 0.3) is 0 Å². The summed E-state index contributed by atoms with van der Waals surface area (Å²) in [7, 11) is 0. The maximum atomic E-state index is 10.5. The van der Waals surface area contributed by atoms with Gasteiger partial charge in [0.05, 0.1) is 5.52 Å². The number of nitrogens with two attached hydrogens (primary N) is 1. The molecular formula is C21H16N4OS. The van der Waals surface area contributed by atoms with E-state index in [1.54, 1.807) is 13.1 Å². The molecule has 5 nitrogen and oxygen atoms in total. The van der Waals surface area contributed by atoms with Crippen LogP contribution in [0.2, 0.25) is 0 Å². The number of nitrogens with zero attached hydrogens (tertiary/aromatic N) is 3. The molecule has 0 spiro atoms. The smallest absolute Gasteiger partial charge is 0.174 e. The van der Waals surface area contributed by atoms with Crippen molar-refractivity contribution in [3.8, 4) is 23.0 Å². The molecule has 0 bridgehead atoms. The molecule has 2 aromatic carbocycles. The van der Waals surface area contributed by atoms with E-state index < -0.39 is 5.60 Å². The van der Waals surface area contributed by atoms with Gasteiger partial charge in [0.1, 0.15) is 17.2 Å². The SMILES string of the molecule is CC(O)(C#Cc1cccc(-c2ccc3ncnc(N)c3c2)c1)c1nccs1. The maximum Gasteiger partial charge on any atom is 0.174 e. The second-order valence-electron chi connectivity index (χ2n) is 6.23. The first-order chi connectivity index (χ1) is 13.0. The van der Waals surface area contributed by atoms with Crippen molar-refractivity contribution in [1.82, 2.24) is 15.0 Å². The third kappa shape index (κ3) is 3.51. The van der Waals surface area contributed by atoms with Crippen molar-refractivity contribution in [2.75, 3.05) is 5.73 Å². The van der Waals surface area contributed by atoms with E-state index in [-0.39, 0.29) is 0 Å². The fourth-order valence-corrected chi connectivity index (χ4v) is 3.40. The van der Waals surface area contributed by atoms with Gasteiger partial charge in [-0.2, -0.15) is 0 Å². The Hall–Kier alpha value is -3.27. The highest BCUT2D eigenvalue weighted by atomic mass is 32.1. The largest absolute Gasteiger partial charge is 0.383 e. The zero-order chi connectivity index (χ0) is 18.9. The summed E-state index contributed by atoms with van der Waals surface area (Å²) in [6.45, 7) is 1.65. The van der Waals surface area contributed by atoms with Crippen LogP contribution in [0.4, 0.5) is 5.82 Å². The third-order valence-corrected chi connectivity index (χ3v) is 5.14. The first kappa shape index (κ1) is 17.2. The van der Waals surface area contributed by atoms with Crippen LogP contribution >= 0.6 is 11.3 Å². The predicted octanol–water partition coefficient (Wildman–Crippen LogP) is 3.59. The lowest BCUT2D eigenvalue weighted by molar-refractivity contribution is 0.122. The molecule has 4 rings (SSSR count). The summed E-state index contributed by atoms with van der Waals surface area (Å²) in [5.74, 6) is 6.41. The van der Waals surface area contributed by atoms with Gasteiger partial charge in [0, 0.05) is 22.5 Å². The summed E-state index contributed by atoms with van der Waals surface area (Å²) in [5.41, 5.74) is 8.30. The van der Waals surface area contributed by atoms with Crippen LogP contribution in [0, 0.1) is 11.8 Å². The van der Waals surface area contributed by atoms with Gasteiger partial charge in [-0.15, -0.1) is 11.3 Å². The summed E-state index contributed by atoms with van der Waals surface area (Å²) in [6, 6.07) is 13.7. The number of benzene rings is 2. The Morgan fingerprint density at radius 2 is 1.93 bits per heavy atom. The molecular weight excluding hydrogens is 356 g/mol. The standard InChI is InChI=1S/C21H16N4OS/c1-21(26,20-23-9-10-27-20)8-7-14-3-2-4-15(11-14)16-5-6-18-17(12-16)19(22)25-13-24-18/h2-6,9-13,26H,1H3,(H2,22,24,25). The number of hydrogen-bond donors (Lipinski definition) is 2. The van der Waals surface area contributed by atoms with E-state index in [9.17, 15) is 5.11 Å². The Labute approximate surface area is 160 Å². The first-order valence-electron chi connectivity index (χ1n) is 8.29. The molecule has 27 heavy (non-hydrogen) atoms. The molecule has 2 aromatic heterocycles. The Kier molecular flexibility index (Phi) is 4.32. The van der Waals surface area contributed by atoms with E-state index in [1.807, 2.05) is 47.8 Å². The average Bonchev–Trinajstić information content (AvgIpc) is 3.23. The van der Waals surface area contributed by atoms with Gasteiger partial charge in [-0.1, -0.05) is 30.0 Å². The molecule has 0 amide bonds. The van der Waals surface area contributed by atoms with Crippen molar-refractivity contribution in [1.29, 1.82) is 0 Å². The van der Waals surface area contributed by atoms with Crippen LogP contribution in [0.5, 0.6) is 0 Å². The summed E-state index contributed by atoms with van der Waals surface area (Å²) in [5, 5.41) is 13.7. The van der Waals surface area contributed by atoms with Gasteiger partial charge in [-0.05, 0) is 42.3 Å². The van der Waals surface area contributed by atoms with Gasteiger partial charge in [0.2, 0.25) is 0 Å². The quantitative estimate of drug-likeness (QED) is 0.525. The molecule has 0 radical (unpaired) electrons. The van der Waals surface area contributed by atoms with E-state index in [0.717, 1.165) is 27.6 Å². The number of hydrogen-bond acceptors (Lipinski definition) is 6. The molecule has 0 aliphatic carbocycles. The number of fused-ring (bicyclic) bond motifs is 1. The summed E-state index contributed by atoms with van der Waals surface area (Å²) >= 11 is 1.38. The van der Waals surface area contributed by atoms with Gasteiger partial charge in [0.15, 0.2) is 5.60 Å². The second-order valence-corrected chi connectivity index (χ2v) is 7.13. The van der Waals surface area contributed by atoms with Crippen molar-refractivity contribution in [3.63, 3.8) is 0 Å². The summed E-state index contributed by atoms with van der Waals surface area (Å²) < 4.78 is 0. The normalized spacial score (nSPS) is 13.0. The highest BCUT2D eigenvalue weighted by molar-refractivity contribution is 7.09. The Bertz CT molecular complexity index is 1170. The van der Waals surface area contributed by atoms with E-state index in [1.165, 1.54) is 17.7 Å². The summed E-state index contributed by atoms with van der Waals surface area (Å²) in [6.07, 6.45) is 3.12. The molecule has 0 saturated carbocycles. The molecule has 0 fully saturated rings. The van der Waals surface area contributed by atoms with Crippen LogP contribution in [-0.4, -0.2) is 20.1 Å². The molecule has 1 unspecified atom stereocenters. The van der Waals surface area contributed by atoms with E-state index >= 15 is 0 Å². The van der Waals surface area contributed by atoms with Crippen molar-refractivity contribution in [2.45, 2.75) is 12.5 Å². The Morgan fingerprint density at radius 3 is 2.74 bits per heavy atom. The average molecular weight is 372 g/mol. The summed E-state index contributed by atoms with van der Waals surface area (Å²) in [4.78, 5) is 12.4. The van der Waals surface area contributed by atoms with Crippen molar-refractivity contribution in [2.24, 2.45) is 0 Å². The first-order valence-corrected chi connectivity index (χ1v) is 9.17. The van der Waals surface area contributed by atoms with E-state index in [4.69, 9.17) is 5.73 Å². The molecule has 1 atom stereocenters. The minimum absolute atomic E-state index is 0.456. The lowest BCUT2D eigenvalue weighted by Crippen LogP contribution is -2.17. The highest BCUT2D eigenvalue weighted by Crippen LogP contribution is 2.26. The van der Waals surface area contributed by atoms with Gasteiger partial charge in [-0.3, -0.25) is 0 Å². The van der Waals surface area contributed by atoms with E-state index in [0.29, 0.717) is 10.8 Å². The van der Waals surface area contributed by atoms with Gasteiger partial charge in [-0.25, -0.2) is 15.0 Å². The molecule has 4 aromatic rings. The number of thiazole rings is 1. The maximum absolute atomic E-state index is 10.5. The number of rotatable bonds is 2. The third-order valence-electron chi connectivity index (χ3n) is 4.16. The number of aliphatic hydroxyl groups is 1. The lowest BCUT2D eigenvalue weighted by Gasteiger charge is -2.12. The molecule has 3 N–H and O–H groups in total. The zero-order valence-electron chi connectivity index (χ0n) is 14.5. The van der Waals surface area contributed by atoms with Crippen LogP contribution in [0.3, 0.4) is 0 Å². The lowest BCUT2D eigenvalue weighted by atomic mass is 10.0. The minimum atomic E-state index is -1.28. The van der Waals surface area contributed by atoms with Crippen molar-refractivity contribution >= 4 is 28.1 Å². The van der Waals surface area contributed by atoms with Crippen LogP contribution in [-0.2, 0) is 5.60 Å². The second kappa shape index (κ2) is 6.80. The molecule has 0 aliphatic rings. The fraction of sp³-hybridized carbons (Fsp3) is 0.0952. The monoisotopic (exact) mass is 372 g/mol.